The standard InChI is InChI=1S/C44H81N2O7P/c1-6-8-10-12-14-15-16-17-18-19-20-22-25-29-33-41(47)40(39-52-54(49,50)51-38-37-46(3,4)5)45-44(48)36-32-28-24-21-23-27-31-35-43-42(53-43)34-30-26-13-11-9-7-2/h21,24,26-27,29-31,33,40-43,47H,6-20,22-23,25,28,32,34-39H2,1-5H3,(H-,45,48,49,50)/b24-21-,30-26-,31-27-,33-29+/t40-,41+,42?,43?/m0/s1. The van der Waals surface area contributed by atoms with E-state index in [1.165, 1.54) is 83.5 Å². The van der Waals surface area contributed by atoms with Crippen LogP contribution in [0.2, 0.25) is 0 Å². The van der Waals surface area contributed by atoms with Gasteiger partial charge in [0.1, 0.15) is 13.2 Å². The van der Waals surface area contributed by atoms with Crippen LogP contribution in [0.4, 0.5) is 0 Å². The highest BCUT2D eigenvalue weighted by molar-refractivity contribution is 7.45. The molecule has 54 heavy (non-hydrogen) atoms. The fourth-order valence-corrected chi connectivity index (χ4v) is 6.79. The summed E-state index contributed by atoms with van der Waals surface area (Å²) in [5.74, 6) is -0.258. The van der Waals surface area contributed by atoms with Crippen molar-refractivity contribution in [2.45, 2.75) is 186 Å². The number of aliphatic hydroxyl groups is 1. The van der Waals surface area contributed by atoms with Crippen molar-refractivity contribution in [1.29, 1.82) is 0 Å². The lowest BCUT2D eigenvalue weighted by Gasteiger charge is -2.29. The van der Waals surface area contributed by atoms with Crippen molar-refractivity contribution in [3.63, 3.8) is 0 Å². The number of quaternary nitrogens is 1. The molecule has 1 amide bonds. The van der Waals surface area contributed by atoms with Crippen LogP contribution in [-0.4, -0.2) is 80.8 Å². The van der Waals surface area contributed by atoms with Crippen LogP contribution in [0.25, 0.3) is 0 Å². The highest BCUT2D eigenvalue weighted by Gasteiger charge is 2.36. The maximum atomic E-state index is 12.8. The number of ether oxygens (including phenoxy) is 1. The number of phosphoric ester groups is 1. The Bertz CT molecular complexity index is 1090. The summed E-state index contributed by atoms with van der Waals surface area (Å²) < 4.78 is 28.9. The van der Waals surface area contributed by atoms with Crippen molar-refractivity contribution in [1.82, 2.24) is 5.32 Å². The molecule has 3 unspecified atom stereocenters. The molecule has 0 spiro atoms. The zero-order valence-electron chi connectivity index (χ0n) is 35.1. The van der Waals surface area contributed by atoms with E-state index >= 15 is 0 Å². The fraction of sp³-hybridized carbons (Fsp3) is 0.795. The molecule has 0 bridgehead atoms. The number of amides is 1. The van der Waals surface area contributed by atoms with Gasteiger partial charge >= 0.3 is 0 Å². The second kappa shape index (κ2) is 32.5. The number of unbranched alkanes of at least 4 members (excludes halogenated alkanes) is 16. The third kappa shape index (κ3) is 31.6. The molecule has 0 aromatic rings. The monoisotopic (exact) mass is 781 g/mol. The molecular formula is C44H81N2O7P. The van der Waals surface area contributed by atoms with E-state index in [0.29, 0.717) is 29.7 Å². The number of rotatable bonds is 37. The lowest BCUT2D eigenvalue weighted by Crippen LogP contribution is -2.45. The number of hydrogen-bond acceptors (Lipinski definition) is 7. The van der Waals surface area contributed by atoms with Crippen molar-refractivity contribution in [2.75, 3.05) is 40.9 Å². The first-order valence-electron chi connectivity index (χ1n) is 21.6. The maximum absolute atomic E-state index is 12.8. The van der Waals surface area contributed by atoms with Crippen molar-refractivity contribution < 1.29 is 37.6 Å². The summed E-state index contributed by atoms with van der Waals surface area (Å²) in [4.78, 5) is 25.3. The van der Waals surface area contributed by atoms with E-state index in [-0.39, 0.29) is 18.9 Å². The number of phosphoric acid groups is 1. The van der Waals surface area contributed by atoms with Crippen LogP contribution >= 0.6 is 7.82 Å². The Hall–Kier alpha value is -1.58. The molecule has 1 rings (SSSR count). The van der Waals surface area contributed by atoms with Crippen LogP contribution in [0.3, 0.4) is 0 Å². The van der Waals surface area contributed by atoms with Crippen LogP contribution in [0, 0.1) is 0 Å². The second-order valence-corrected chi connectivity index (χ2v) is 17.5. The molecule has 1 aliphatic rings. The average Bonchev–Trinajstić information content (AvgIpc) is 3.87. The molecule has 314 valence electrons. The van der Waals surface area contributed by atoms with Gasteiger partial charge in [-0.15, -0.1) is 0 Å². The third-order valence-corrected chi connectivity index (χ3v) is 10.6. The first-order chi connectivity index (χ1) is 26.0. The van der Waals surface area contributed by atoms with Crippen LogP contribution < -0.4 is 10.2 Å². The summed E-state index contributed by atoms with van der Waals surface area (Å²) in [7, 11) is 1.21. The van der Waals surface area contributed by atoms with Gasteiger partial charge in [0.05, 0.1) is 52.1 Å². The molecule has 1 fully saturated rings. The van der Waals surface area contributed by atoms with Crippen molar-refractivity contribution in [3.05, 3.63) is 48.6 Å². The molecule has 2 N–H and O–H groups in total. The topological polar surface area (TPSA) is 120 Å². The zero-order valence-corrected chi connectivity index (χ0v) is 36.0. The number of likely N-dealkylation sites (N-methyl/N-ethyl adjacent to an activating group) is 1. The quantitative estimate of drug-likeness (QED) is 0.0212. The summed E-state index contributed by atoms with van der Waals surface area (Å²) in [6.07, 6.45) is 41.8. The van der Waals surface area contributed by atoms with Gasteiger partial charge in [-0.25, -0.2) is 0 Å². The largest absolute Gasteiger partial charge is 0.756 e. The molecule has 1 heterocycles. The third-order valence-electron chi connectivity index (χ3n) is 9.69. The van der Waals surface area contributed by atoms with Crippen LogP contribution in [0.15, 0.2) is 48.6 Å². The molecule has 0 radical (unpaired) electrons. The van der Waals surface area contributed by atoms with Gasteiger partial charge in [0.2, 0.25) is 5.91 Å². The predicted molar refractivity (Wildman–Crippen MR) is 223 cm³/mol. The number of epoxide rings is 1. The number of allylic oxidation sites excluding steroid dienone is 5. The molecule has 0 aromatic heterocycles. The van der Waals surface area contributed by atoms with E-state index < -0.39 is 26.6 Å². The Labute approximate surface area is 331 Å². The van der Waals surface area contributed by atoms with Gasteiger partial charge in [0.25, 0.3) is 7.82 Å². The van der Waals surface area contributed by atoms with E-state index in [2.05, 4.69) is 55.6 Å². The van der Waals surface area contributed by atoms with Gasteiger partial charge in [0, 0.05) is 6.42 Å². The van der Waals surface area contributed by atoms with Gasteiger partial charge in [-0.3, -0.25) is 9.36 Å². The number of carbonyl (C=O) groups is 1. The van der Waals surface area contributed by atoms with Crippen molar-refractivity contribution in [2.24, 2.45) is 0 Å². The minimum atomic E-state index is -4.60. The Morgan fingerprint density at radius 2 is 1.24 bits per heavy atom. The highest BCUT2D eigenvalue weighted by atomic mass is 31.2. The van der Waals surface area contributed by atoms with Crippen LogP contribution in [0.1, 0.15) is 162 Å². The molecule has 10 heteroatoms. The second-order valence-electron chi connectivity index (χ2n) is 16.1. The fourth-order valence-electron chi connectivity index (χ4n) is 6.07. The van der Waals surface area contributed by atoms with E-state index in [1.807, 2.05) is 27.2 Å². The summed E-state index contributed by atoms with van der Waals surface area (Å²) in [5, 5.41) is 13.7. The van der Waals surface area contributed by atoms with Gasteiger partial charge in [0.15, 0.2) is 0 Å². The van der Waals surface area contributed by atoms with Crippen LogP contribution in [0.5, 0.6) is 0 Å². The van der Waals surface area contributed by atoms with Crippen molar-refractivity contribution in [3.8, 4) is 0 Å². The highest BCUT2D eigenvalue weighted by Crippen LogP contribution is 2.38. The Morgan fingerprint density at radius 3 is 1.87 bits per heavy atom. The Balaban J connectivity index is 2.39. The Kier molecular flexibility index (Phi) is 30.4. The number of nitrogens with zero attached hydrogens (tertiary/aromatic N) is 1. The van der Waals surface area contributed by atoms with E-state index in [9.17, 15) is 19.4 Å². The summed E-state index contributed by atoms with van der Waals surface area (Å²) in [6.45, 7) is 4.54. The first kappa shape index (κ1) is 50.4. The minimum absolute atomic E-state index is 0.0152. The average molecular weight is 781 g/mol. The SMILES string of the molecule is CCCCC/C=C\CC1OC1C/C=C\C/C=C\CCCC(=O)N[C@@H](COP(=O)([O-])OCC[N+](C)(C)C)[C@H](O)/C=C/CCCCCCCCCCCCCC. The maximum Gasteiger partial charge on any atom is 0.268 e. The smallest absolute Gasteiger partial charge is 0.268 e. The van der Waals surface area contributed by atoms with Gasteiger partial charge in [-0.05, 0) is 57.8 Å². The number of hydrogen-bond donors (Lipinski definition) is 2. The van der Waals surface area contributed by atoms with Gasteiger partial charge in [-0.2, -0.15) is 0 Å². The van der Waals surface area contributed by atoms with Gasteiger partial charge in [-0.1, -0.05) is 146 Å². The molecule has 0 saturated carbocycles. The van der Waals surface area contributed by atoms with E-state index in [0.717, 1.165) is 51.4 Å². The van der Waals surface area contributed by atoms with E-state index in [1.54, 1.807) is 6.08 Å². The number of carbonyl (C=O) groups excluding carboxylic acids is 1. The first-order valence-corrected chi connectivity index (χ1v) is 23.1. The lowest BCUT2D eigenvalue weighted by molar-refractivity contribution is -0.870. The normalized spacial score (nSPS) is 18.6. The van der Waals surface area contributed by atoms with Crippen LogP contribution in [-0.2, 0) is 23.1 Å². The predicted octanol–water partition coefficient (Wildman–Crippen LogP) is 10.0. The summed E-state index contributed by atoms with van der Waals surface area (Å²) in [5.41, 5.74) is 0. The Morgan fingerprint density at radius 1 is 0.741 bits per heavy atom. The molecule has 0 aliphatic carbocycles. The molecule has 9 nitrogen and oxygen atoms in total. The molecule has 1 aliphatic heterocycles. The van der Waals surface area contributed by atoms with E-state index in [4.69, 9.17) is 13.8 Å². The molecule has 5 atom stereocenters. The number of aliphatic hydroxyl groups excluding tert-OH is 1. The van der Waals surface area contributed by atoms with Gasteiger partial charge < -0.3 is 33.6 Å². The zero-order chi connectivity index (χ0) is 39.8. The lowest BCUT2D eigenvalue weighted by atomic mass is 10.0. The number of nitrogens with one attached hydrogen (secondary N) is 1. The molecular weight excluding hydrogens is 699 g/mol. The molecule has 0 aromatic carbocycles. The summed E-state index contributed by atoms with van der Waals surface area (Å²) in [6, 6.07) is -0.919. The van der Waals surface area contributed by atoms with Crippen molar-refractivity contribution >= 4 is 13.7 Å². The minimum Gasteiger partial charge on any atom is -0.756 e. The molecule has 1 saturated heterocycles. The summed E-state index contributed by atoms with van der Waals surface area (Å²) >= 11 is 0.